The van der Waals surface area contributed by atoms with E-state index >= 15 is 0 Å². The van der Waals surface area contributed by atoms with Gasteiger partial charge in [0.25, 0.3) is 0 Å². The highest BCUT2D eigenvalue weighted by Gasteiger charge is 2.34. The van der Waals surface area contributed by atoms with Crippen LogP contribution in [0, 0.1) is 5.92 Å². The Morgan fingerprint density at radius 2 is 1.25 bits per heavy atom. The molecule has 0 aromatic heterocycles. The fourth-order valence-electron chi connectivity index (χ4n) is 5.30. The third-order valence-electron chi connectivity index (χ3n) is 7.12. The molecule has 3 aliphatic rings. The number of fused-ring (bicyclic) bond motifs is 3. The second-order valence-electron chi connectivity index (χ2n) is 9.56. The molecule has 2 unspecified atom stereocenters. The molecule has 2 bridgehead atoms. The van der Waals surface area contributed by atoms with Crippen molar-refractivity contribution < 1.29 is 0 Å². The molecule has 28 heavy (non-hydrogen) atoms. The lowest BCUT2D eigenvalue weighted by molar-refractivity contribution is 0.0232. The van der Waals surface area contributed by atoms with Crippen LogP contribution in [0.4, 0.5) is 0 Å². The predicted molar refractivity (Wildman–Crippen MR) is 127 cm³/mol. The first-order chi connectivity index (χ1) is 13.3. The standard InChI is InChI=1S/C25H50N2.ClH/c1-3-5-6-7-8-9-10-11-12-13-14-15-17-24(16-4-2)26-25-22-23-18-20-27(25)21-19-23;/h23-26H,3-22H2,1-2H3;1H. The van der Waals surface area contributed by atoms with Crippen molar-refractivity contribution in [1.29, 1.82) is 0 Å². The van der Waals surface area contributed by atoms with Crippen LogP contribution in [0.3, 0.4) is 0 Å². The summed E-state index contributed by atoms with van der Waals surface area (Å²) in [6.07, 6.45) is 26.6. The molecule has 0 saturated carbocycles. The van der Waals surface area contributed by atoms with E-state index < -0.39 is 0 Å². The van der Waals surface area contributed by atoms with Gasteiger partial charge in [-0.3, -0.25) is 10.2 Å². The minimum Gasteiger partial charge on any atom is -0.299 e. The van der Waals surface area contributed by atoms with Gasteiger partial charge in [-0.1, -0.05) is 97.3 Å². The number of hydrogen-bond donors (Lipinski definition) is 1. The van der Waals surface area contributed by atoms with E-state index in [9.17, 15) is 0 Å². The topological polar surface area (TPSA) is 15.3 Å². The van der Waals surface area contributed by atoms with Gasteiger partial charge in [-0.2, -0.15) is 0 Å². The van der Waals surface area contributed by atoms with E-state index in [0.29, 0.717) is 6.17 Å². The number of piperidine rings is 3. The molecule has 2 nitrogen and oxygen atoms in total. The molecule has 0 aliphatic carbocycles. The third-order valence-corrected chi connectivity index (χ3v) is 7.12. The van der Waals surface area contributed by atoms with E-state index in [2.05, 4.69) is 24.1 Å². The maximum absolute atomic E-state index is 4.05. The second kappa shape index (κ2) is 16.9. The summed E-state index contributed by atoms with van der Waals surface area (Å²) in [5.41, 5.74) is 0. The van der Waals surface area contributed by atoms with Crippen LogP contribution in [-0.2, 0) is 0 Å². The molecule has 3 fully saturated rings. The van der Waals surface area contributed by atoms with E-state index in [1.165, 1.54) is 129 Å². The first-order valence-corrected chi connectivity index (χ1v) is 12.8. The van der Waals surface area contributed by atoms with Gasteiger partial charge in [0, 0.05) is 6.04 Å². The number of nitrogens with one attached hydrogen (secondary N) is 1. The third kappa shape index (κ3) is 10.8. The summed E-state index contributed by atoms with van der Waals surface area (Å²) < 4.78 is 0. The molecule has 3 aliphatic heterocycles. The molecular weight excluding hydrogens is 364 g/mol. The van der Waals surface area contributed by atoms with Crippen LogP contribution >= 0.6 is 12.4 Å². The van der Waals surface area contributed by atoms with E-state index in [1.807, 2.05) is 0 Å². The summed E-state index contributed by atoms with van der Waals surface area (Å²) in [5.74, 6) is 1.02. The normalized spacial score (nSPS) is 24.9. The van der Waals surface area contributed by atoms with Crippen LogP contribution in [0.5, 0.6) is 0 Å². The minimum absolute atomic E-state index is 0. The van der Waals surface area contributed by atoms with E-state index in [0.717, 1.165) is 12.0 Å². The lowest BCUT2D eigenvalue weighted by Gasteiger charge is -2.47. The van der Waals surface area contributed by atoms with E-state index in [-0.39, 0.29) is 12.4 Å². The van der Waals surface area contributed by atoms with Gasteiger partial charge in [-0.15, -0.1) is 12.4 Å². The zero-order valence-electron chi connectivity index (χ0n) is 19.2. The lowest BCUT2D eigenvalue weighted by Crippen LogP contribution is -2.57. The van der Waals surface area contributed by atoms with Crippen LogP contribution in [0.1, 0.15) is 129 Å². The Bertz CT molecular complexity index is 341. The highest BCUT2D eigenvalue weighted by molar-refractivity contribution is 5.85. The average Bonchev–Trinajstić information content (AvgIpc) is 2.70. The summed E-state index contributed by atoms with van der Waals surface area (Å²) >= 11 is 0. The Labute approximate surface area is 183 Å². The van der Waals surface area contributed by atoms with Gasteiger partial charge in [0.05, 0.1) is 6.17 Å². The molecule has 3 saturated heterocycles. The van der Waals surface area contributed by atoms with Crippen molar-refractivity contribution in [2.24, 2.45) is 5.92 Å². The zero-order valence-corrected chi connectivity index (χ0v) is 20.0. The lowest BCUT2D eigenvalue weighted by atomic mass is 9.86. The number of nitrogens with zero attached hydrogens (tertiary/aromatic N) is 1. The number of unbranched alkanes of at least 4 members (excludes halogenated alkanes) is 11. The van der Waals surface area contributed by atoms with Crippen molar-refractivity contribution in [3.63, 3.8) is 0 Å². The van der Waals surface area contributed by atoms with Crippen LogP contribution in [-0.4, -0.2) is 30.2 Å². The van der Waals surface area contributed by atoms with Crippen LogP contribution in [0.15, 0.2) is 0 Å². The largest absolute Gasteiger partial charge is 0.299 e. The number of halogens is 1. The maximum Gasteiger partial charge on any atom is 0.0601 e. The molecule has 0 spiro atoms. The van der Waals surface area contributed by atoms with Crippen molar-refractivity contribution in [1.82, 2.24) is 10.2 Å². The Morgan fingerprint density at radius 3 is 1.71 bits per heavy atom. The van der Waals surface area contributed by atoms with Gasteiger partial charge in [0.1, 0.15) is 0 Å². The highest BCUT2D eigenvalue weighted by Crippen LogP contribution is 2.31. The summed E-state index contributed by atoms with van der Waals surface area (Å²) in [4.78, 5) is 2.73. The molecule has 3 rings (SSSR count). The van der Waals surface area contributed by atoms with Gasteiger partial charge in [-0.05, 0) is 51.1 Å². The van der Waals surface area contributed by atoms with E-state index in [4.69, 9.17) is 0 Å². The van der Waals surface area contributed by atoms with Crippen LogP contribution in [0.25, 0.3) is 0 Å². The highest BCUT2D eigenvalue weighted by atomic mass is 35.5. The van der Waals surface area contributed by atoms with Crippen molar-refractivity contribution in [3.8, 4) is 0 Å². The maximum atomic E-state index is 4.05. The van der Waals surface area contributed by atoms with Gasteiger partial charge < -0.3 is 0 Å². The molecule has 0 aromatic carbocycles. The van der Waals surface area contributed by atoms with Crippen LogP contribution < -0.4 is 5.32 Å². The Hall–Kier alpha value is 0.210. The van der Waals surface area contributed by atoms with Gasteiger partial charge in [0.15, 0.2) is 0 Å². The van der Waals surface area contributed by atoms with Gasteiger partial charge >= 0.3 is 0 Å². The first-order valence-electron chi connectivity index (χ1n) is 12.8. The number of rotatable bonds is 17. The second-order valence-corrected chi connectivity index (χ2v) is 9.56. The molecule has 1 N–H and O–H groups in total. The number of hydrogen-bond acceptors (Lipinski definition) is 2. The fraction of sp³-hybridized carbons (Fsp3) is 1.00. The molecule has 0 radical (unpaired) electrons. The van der Waals surface area contributed by atoms with E-state index in [1.54, 1.807) is 0 Å². The SMILES string of the molecule is CCCCCCCCCCCCCCC(CCC)NC1CC2CCN1CC2.Cl. The molecule has 0 aromatic rings. The van der Waals surface area contributed by atoms with Crippen molar-refractivity contribution in [2.45, 2.75) is 142 Å². The average molecular weight is 415 g/mol. The van der Waals surface area contributed by atoms with Crippen molar-refractivity contribution >= 4 is 12.4 Å². The monoisotopic (exact) mass is 414 g/mol. The van der Waals surface area contributed by atoms with Crippen molar-refractivity contribution in [2.75, 3.05) is 13.1 Å². The Kier molecular flexibility index (Phi) is 15.9. The first kappa shape index (κ1) is 26.2. The molecular formula is C25H51ClN2. The smallest absolute Gasteiger partial charge is 0.0601 e. The summed E-state index contributed by atoms with van der Waals surface area (Å²) in [5, 5.41) is 4.05. The quantitative estimate of drug-likeness (QED) is 0.245. The zero-order chi connectivity index (χ0) is 19.2. The predicted octanol–water partition coefficient (Wildman–Crippen LogP) is 7.70. The molecule has 168 valence electrons. The molecule has 3 heterocycles. The summed E-state index contributed by atoms with van der Waals surface area (Å²) in [6, 6.07) is 0.766. The van der Waals surface area contributed by atoms with Gasteiger partial charge in [0.2, 0.25) is 0 Å². The molecule has 2 atom stereocenters. The Morgan fingerprint density at radius 1 is 0.714 bits per heavy atom. The van der Waals surface area contributed by atoms with Crippen LogP contribution in [0.2, 0.25) is 0 Å². The molecule has 0 amide bonds. The summed E-state index contributed by atoms with van der Waals surface area (Å²) in [6.45, 7) is 7.35. The summed E-state index contributed by atoms with van der Waals surface area (Å²) in [7, 11) is 0. The van der Waals surface area contributed by atoms with Crippen molar-refractivity contribution in [3.05, 3.63) is 0 Å². The molecule has 3 heteroatoms. The Balaban J connectivity index is 0.00000392. The van der Waals surface area contributed by atoms with Gasteiger partial charge in [-0.25, -0.2) is 0 Å². The minimum atomic E-state index is 0. The fourth-order valence-corrected chi connectivity index (χ4v) is 5.30.